The third kappa shape index (κ3) is 3.39. The van der Waals surface area contributed by atoms with Gasteiger partial charge in [-0.2, -0.15) is 0 Å². The lowest BCUT2D eigenvalue weighted by Crippen LogP contribution is -2.23. The summed E-state index contributed by atoms with van der Waals surface area (Å²) < 4.78 is 4.72. The molecular weight excluding hydrogens is 252 g/mol. The summed E-state index contributed by atoms with van der Waals surface area (Å²) >= 11 is 0. The molecule has 7 heteroatoms. The fourth-order valence-corrected chi connectivity index (χ4v) is 1.36. The molecule has 7 nitrogen and oxygen atoms in total. The molecule has 0 aliphatic rings. The van der Waals surface area contributed by atoms with Crippen molar-refractivity contribution in [1.29, 1.82) is 0 Å². The van der Waals surface area contributed by atoms with Crippen LogP contribution in [0, 0.1) is 10.1 Å². The van der Waals surface area contributed by atoms with Crippen molar-refractivity contribution in [3.63, 3.8) is 0 Å². The molecule has 0 unspecified atom stereocenters. The number of furan rings is 1. The third-order valence-corrected chi connectivity index (χ3v) is 2.24. The Balaban J connectivity index is 1.85. The molecule has 0 bridgehead atoms. The fourth-order valence-electron chi connectivity index (χ4n) is 1.36. The molecule has 0 radical (unpaired) electrons. The molecule has 0 fully saturated rings. The number of nitrogens with zero attached hydrogens (tertiary/aromatic N) is 1. The number of rotatable bonds is 5. The number of hydrogen-bond acceptors (Lipinski definition) is 5. The SMILES string of the molecule is O=C(NOCc1ccccc1)c1ccc([N+](=O)[O-])o1. The van der Waals surface area contributed by atoms with Crippen LogP contribution < -0.4 is 5.48 Å². The van der Waals surface area contributed by atoms with E-state index in [1.807, 2.05) is 30.3 Å². The van der Waals surface area contributed by atoms with Crippen molar-refractivity contribution in [2.75, 3.05) is 0 Å². The van der Waals surface area contributed by atoms with Crippen molar-refractivity contribution >= 4 is 11.8 Å². The van der Waals surface area contributed by atoms with Gasteiger partial charge in [-0.25, -0.2) is 5.48 Å². The van der Waals surface area contributed by atoms with Gasteiger partial charge in [0.05, 0.1) is 12.7 Å². The predicted molar refractivity (Wildman–Crippen MR) is 64.1 cm³/mol. The summed E-state index contributed by atoms with van der Waals surface area (Å²) in [7, 11) is 0. The average Bonchev–Trinajstić information content (AvgIpc) is 2.89. The van der Waals surface area contributed by atoms with Crippen molar-refractivity contribution in [3.8, 4) is 0 Å². The van der Waals surface area contributed by atoms with Gasteiger partial charge in [-0.15, -0.1) is 0 Å². The Morgan fingerprint density at radius 1 is 1.26 bits per heavy atom. The molecule has 0 saturated carbocycles. The Labute approximate surface area is 107 Å². The first-order valence-electron chi connectivity index (χ1n) is 5.37. The molecule has 1 heterocycles. The van der Waals surface area contributed by atoms with Gasteiger partial charge in [-0.05, 0) is 11.6 Å². The van der Waals surface area contributed by atoms with Gasteiger partial charge in [0.15, 0.2) is 0 Å². The second-order valence-corrected chi connectivity index (χ2v) is 3.60. The Bertz CT molecular complexity index is 579. The van der Waals surface area contributed by atoms with Crippen molar-refractivity contribution in [1.82, 2.24) is 5.48 Å². The van der Waals surface area contributed by atoms with E-state index in [1.165, 1.54) is 6.07 Å². The molecule has 0 atom stereocenters. The van der Waals surface area contributed by atoms with Gasteiger partial charge in [0, 0.05) is 0 Å². The van der Waals surface area contributed by atoms with Crippen LogP contribution in [0.3, 0.4) is 0 Å². The standard InChI is InChI=1S/C12H10N2O5/c15-12(10-6-7-11(19-10)14(16)17)13-18-8-9-4-2-1-3-5-9/h1-7H,8H2,(H,13,15). The lowest BCUT2D eigenvalue weighted by Gasteiger charge is -2.03. The number of benzene rings is 1. The topological polar surface area (TPSA) is 94.6 Å². The minimum Gasteiger partial charge on any atom is -0.395 e. The van der Waals surface area contributed by atoms with Crippen LogP contribution in [-0.2, 0) is 11.4 Å². The van der Waals surface area contributed by atoms with E-state index in [9.17, 15) is 14.9 Å². The molecule has 1 N–H and O–H groups in total. The van der Waals surface area contributed by atoms with E-state index in [0.717, 1.165) is 11.6 Å². The first-order chi connectivity index (χ1) is 9.16. The minimum atomic E-state index is -0.721. The molecule has 0 spiro atoms. The lowest BCUT2D eigenvalue weighted by molar-refractivity contribution is -0.402. The van der Waals surface area contributed by atoms with E-state index in [-0.39, 0.29) is 12.4 Å². The summed E-state index contributed by atoms with van der Waals surface area (Å²) in [5.74, 6) is -1.35. The highest BCUT2D eigenvalue weighted by Crippen LogP contribution is 2.15. The number of carbonyl (C=O) groups is 1. The highest BCUT2D eigenvalue weighted by atomic mass is 16.7. The molecule has 0 saturated heterocycles. The maximum Gasteiger partial charge on any atom is 0.433 e. The van der Waals surface area contributed by atoms with Crippen LogP contribution in [-0.4, -0.2) is 10.8 Å². The maximum atomic E-state index is 11.5. The molecule has 19 heavy (non-hydrogen) atoms. The number of hydroxylamine groups is 1. The molecule has 2 rings (SSSR count). The fraction of sp³-hybridized carbons (Fsp3) is 0.0833. The Morgan fingerprint density at radius 2 is 2.00 bits per heavy atom. The number of nitro groups is 1. The third-order valence-electron chi connectivity index (χ3n) is 2.24. The lowest BCUT2D eigenvalue weighted by atomic mass is 10.2. The maximum absolute atomic E-state index is 11.5. The Morgan fingerprint density at radius 3 is 2.63 bits per heavy atom. The summed E-state index contributed by atoms with van der Waals surface area (Å²) in [5.41, 5.74) is 3.03. The second-order valence-electron chi connectivity index (χ2n) is 3.60. The Hall–Kier alpha value is -2.67. The largest absolute Gasteiger partial charge is 0.433 e. The molecular formula is C12H10N2O5. The second kappa shape index (κ2) is 5.78. The van der Waals surface area contributed by atoms with Gasteiger partial charge in [0.1, 0.15) is 4.92 Å². The van der Waals surface area contributed by atoms with Gasteiger partial charge in [0.25, 0.3) is 0 Å². The minimum absolute atomic E-state index is 0.181. The quantitative estimate of drug-likeness (QED) is 0.657. The van der Waals surface area contributed by atoms with Crippen molar-refractivity contribution < 1.29 is 19.0 Å². The van der Waals surface area contributed by atoms with Gasteiger partial charge in [0.2, 0.25) is 5.76 Å². The van der Waals surface area contributed by atoms with Crippen LogP contribution in [0.1, 0.15) is 16.1 Å². The molecule has 1 amide bonds. The number of amides is 1. The van der Waals surface area contributed by atoms with E-state index >= 15 is 0 Å². The smallest absolute Gasteiger partial charge is 0.395 e. The number of hydrogen-bond donors (Lipinski definition) is 1. The van der Waals surface area contributed by atoms with Crippen LogP contribution in [0.2, 0.25) is 0 Å². The van der Waals surface area contributed by atoms with Crippen LogP contribution in [0.4, 0.5) is 5.88 Å². The van der Waals surface area contributed by atoms with E-state index in [1.54, 1.807) is 0 Å². The monoisotopic (exact) mass is 262 g/mol. The molecule has 0 aliphatic heterocycles. The van der Waals surface area contributed by atoms with E-state index in [2.05, 4.69) is 5.48 Å². The van der Waals surface area contributed by atoms with E-state index in [0.29, 0.717) is 0 Å². The van der Waals surface area contributed by atoms with Crippen molar-refractivity contribution in [3.05, 3.63) is 63.9 Å². The van der Waals surface area contributed by atoms with E-state index < -0.39 is 16.7 Å². The van der Waals surface area contributed by atoms with Gasteiger partial charge >= 0.3 is 11.8 Å². The number of carbonyl (C=O) groups excluding carboxylic acids is 1. The van der Waals surface area contributed by atoms with E-state index in [4.69, 9.17) is 9.25 Å². The summed E-state index contributed by atoms with van der Waals surface area (Å²) in [4.78, 5) is 26.2. The summed E-state index contributed by atoms with van der Waals surface area (Å²) in [6, 6.07) is 11.5. The number of nitrogens with one attached hydrogen (secondary N) is 1. The van der Waals surface area contributed by atoms with Gasteiger partial charge in [-0.3, -0.25) is 19.7 Å². The zero-order valence-corrected chi connectivity index (χ0v) is 9.74. The van der Waals surface area contributed by atoms with Crippen LogP contribution >= 0.6 is 0 Å². The van der Waals surface area contributed by atoms with Crippen molar-refractivity contribution in [2.24, 2.45) is 0 Å². The molecule has 1 aromatic heterocycles. The first-order valence-corrected chi connectivity index (χ1v) is 5.37. The molecule has 2 aromatic rings. The zero-order valence-electron chi connectivity index (χ0n) is 9.74. The highest BCUT2D eigenvalue weighted by Gasteiger charge is 2.17. The van der Waals surface area contributed by atoms with Gasteiger partial charge in [-0.1, -0.05) is 30.3 Å². The Kier molecular flexibility index (Phi) is 3.89. The predicted octanol–water partition coefficient (Wildman–Crippen LogP) is 2.05. The first kappa shape index (κ1) is 12.8. The summed E-state index contributed by atoms with van der Waals surface area (Å²) in [6.07, 6.45) is 0. The normalized spacial score (nSPS) is 10.1. The summed E-state index contributed by atoms with van der Waals surface area (Å²) in [6.45, 7) is 0.190. The van der Waals surface area contributed by atoms with Crippen LogP contribution in [0.15, 0.2) is 46.9 Å². The molecule has 1 aromatic carbocycles. The van der Waals surface area contributed by atoms with Crippen LogP contribution in [0.5, 0.6) is 0 Å². The molecule has 98 valence electrons. The van der Waals surface area contributed by atoms with Gasteiger partial charge < -0.3 is 4.42 Å². The highest BCUT2D eigenvalue weighted by molar-refractivity contribution is 5.90. The molecule has 0 aliphatic carbocycles. The van der Waals surface area contributed by atoms with Crippen LogP contribution in [0.25, 0.3) is 0 Å². The zero-order chi connectivity index (χ0) is 13.7. The van der Waals surface area contributed by atoms with Crippen molar-refractivity contribution in [2.45, 2.75) is 6.61 Å². The summed E-state index contributed by atoms with van der Waals surface area (Å²) in [5, 5.41) is 10.4. The average molecular weight is 262 g/mol.